The number of carbonyl (C=O) groups is 1. The van der Waals surface area contributed by atoms with Crippen LogP contribution in [0.2, 0.25) is 0 Å². The molecule has 122 valence electrons. The van der Waals surface area contributed by atoms with Crippen LogP contribution in [-0.4, -0.2) is 15.5 Å². The van der Waals surface area contributed by atoms with Crippen LogP contribution in [0.15, 0.2) is 48.5 Å². The second kappa shape index (κ2) is 6.84. The monoisotopic (exact) mass is 345 g/mol. The summed E-state index contributed by atoms with van der Waals surface area (Å²) in [6.07, 6.45) is 0. The molecule has 1 atom stereocenters. The highest BCUT2D eigenvalue weighted by molar-refractivity contribution is 7.08. The SMILES string of the molecule is CC(NC(=O)c1snnc1-c1ccc(F)cc1)c1ccc(F)cc1. The van der Waals surface area contributed by atoms with Crippen LogP contribution in [0.1, 0.15) is 28.2 Å². The first kappa shape index (κ1) is 16.2. The Hall–Kier alpha value is -2.67. The quantitative estimate of drug-likeness (QED) is 0.778. The zero-order valence-electron chi connectivity index (χ0n) is 12.7. The molecule has 1 aromatic heterocycles. The van der Waals surface area contributed by atoms with E-state index in [1.54, 1.807) is 31.2 Å². The van der Waals surface area contributed by atoms with Crippen molar-refractivity contribution in [2.24, 2.45) is 0 Å². The van der Waals surface area contributed by atoms with Gasteiger partial charge >= 0.3 is 0 Å². The van der Waals surface area contributed by atoms with E-state index < -0.39 is 0 Å². The maximum absolute atomic E-state index is 13.0. The molecule has 0 spiro atoms. The molecule has 0 bridgehead atoms. The molecule has 0 fully saturated rings. The van der Waals surface area contributed by atoms with Crippen LogP contribution in [0.4, 0.5) is 8.78 Å². The van der Waals surface area contributed by atoms with Crippen LogP contribution >= 0.6 is 11.5 Å². The minimum absolute atomic E-state index is 0.304. The number of amides is 1. The van der Waals surface area contributed by atoms with E-state index in [0.717, 1.165) is 17.1 Å². The number of benzene rings is 2. The highest BCUT2D eigenvalue weighted by Gasteiger charge is 2.20. The predicted octanol–water partition coefficient (Wildman–Crippen LogP) is 3.97. The van der Waals surface area contributed by atoms with Crippen LogP contribution < -0.4 is 5.32 Å². The van der Waals surface area contributed by atoms with Gasteiger partial charge in [-0.15, -0.1) is 5.10 Å². The summed E-state index contributed by atoms with van der Waals surface area (Å²) in [6.45, 7) is 1.80. The van der Waals surface area contributed by atoms with Gasteiger partial charge in [-0.05, 0) is 60.4 Å². The van der Waals surface area contributed by atoms with Crippen molar-refractivity contribution in [1.82, 2.24) is 14.9 Å². The molecule has 3 aromatic rings. The zero-order valence-corrected chi connectivity index (χ0v) is 13.5. The Labute approximate surface area is 141 Å². The van der Waals surface area contributed by atoms with E-state index >= 15 is 0 Å². The van der Waals surface area contributed by atoms with Crippen molar-refractivity contribution < 1.29 is 13.6 Å². The molecule has 0 aliphatic heterocycles. The molecular formula is C17H13F2N3OS. The molecule has 1 N–H and O–H groups in total. The Morgan fingerprint density at radius 1 is 1.04 bits per heavy atom. The molecule has 1 amide bonds. The van der Waals surface area contributed by atoms with Crippen LogP contribution in [0.5, 0.6) is 0 Å². The van der Waals surface area contributed by atoms with Gasteiger partial charge in [-0.3, -0.25) is 4.79 Å². The van der Waals surface area contributed by atoms with Crippen molar-refractivity contribution in [1.29, 1.82) is 0 Å². The first-order valence-corrected chi connectivity index (χ1v) is 7.96. The third-order valence-corrected chi connectivity index (χ3v) is 4.25. The van der Waals surface area contributed by atoms with Gasteiger partial charge < -0.3 is 5.32 Å². The van der Waals surface area contributed by atoms with Gasteiger partial charge in [-0.2, -0.15) is 0 Å². The van der Waals surface area contributed by atoms with Crippen molar-refractivity contribution in [3.05, 3.63) is 70.6 Å². The number of hydrogen-bond donors (Lipinski definition) is 1. The van der Waals surface area contributed by atoms with Gasteiger partial charge in [0.15, 0.2) is 0 Å². The molecule has 0 aliphatic rings. The third-order valence-electron chi connectivity index (χ3n) is 3.53. The second-order valence-corrected chi connectivity index (χ2v) is 5.96. The molecule has 3 rings (SSSR count). The van der Waals surface area contributed by atoms with Gasteiger partial charge in [0, 0.05) is 5.56 Å². The fourth-order valence-corrected chi connectivity index (χ4v) is 2.82. The highest BCUT2D eigenvalue weighted by atomic mass is 32.1. The summed E-state index contributed by atoms with van der Waals surface area (Å²) in [7, 11) is 0. The minimum atomic E-state index is -0.363. The third kappa shape index (κ3) is 3.46. The fraction of sp³-hybridized carbons (Fsp3) is 0.118. The largest absolute Gasteiger partial charge is 0.345 e. The standard InChI is InChI=1S/C17H13F2N3OS/c1-10(11-2-6-13(18)7-3-11)20-17(23)16-15(21-22-24-16)12-4-8-14(19)9-5-12/h2-10H,1H3,(H,20,23). The van der Waals surface area contributed by atoms with Crippen molar-refractivity contribution in [2.75, 3.05) is 0 Å². The number of nitrogens with zero attached hydrogens (tertiary/aromatic N) is 2. The van der Waals surface area contributed by atoms with E-state index in [-0.39, 0.29) is 23.6 Å². The summed E-state index contributed by atoms with van der Waals surface area (Å²) < 4.78 is 29.8. The van der Waals surface area contributed by atoms with Gasteiger partial charge in [0.25, 0.3) is 5.91 Å². The Balaban J connectivity index is 1.80. The summed E-state index contributed by atoms with van der Waals surface area (Å²) in [5, 5.41) is 6.80. The van der Waals surface area contributed by atoms with Crippen molar-refractivity contribution in [2.45, 2.75) is 13.0 Å². The van der Waals surface area contributed by atoms with E-state index in [0.29, 0.717) is 16.1 Å². The number of carbonyl (C=O) groups excluding carboxylic acids is 1. The van der Waals surface area contributed by atoms with Gasteiger partial charge in [-0.25, -0.2) is 8.78 Å². The van der Waals surface area contributed by atoms with Crippen LogP contribution in [0, 0.1) is 11.6 Å². The van der Waals surface area contributed by atoms with Gasteiger partial charge in [0.2, 0.25) is 0 Å². The Morgan fingerprint density at radius 2 is 1.62 bits per heavy atom. The lowest BCUT2D eigenvalue weighted by Gasteiger charge is -2.14. The number of rotatable bonds is 4. The van der Waals surface area contributed by atoms with E-state index in [1.807, 2.05) is 0 Å². The first-order valence-electron chi connectivity index (χ1n) is 7.19. The van der Waals surface area contributed by atoms with E-state index in [9.17, 15) is 13.6 Å². The number of hydrogen-bond acceptors (Lipinski definition) is 4. The van der Waals surface area contributed by atoms with E-state index in [4.69, 9.17) is 0 Å². The number of aromatic nitrogens is 2. The molecule has 0 saturated carbocycles. The smallest absolute Gasteiger partial charge is 0.265 e. The molecular weight excluding hydrogens is 332 g/mol. The van der Waals surface area contributed by atoms with E-state index in [2.05, 4.69) is 14.9 Å². The van der Waals surface area contributed by atoms with Gasteiger partial charge in [0.05, 0.1) is 6.04 Å². The minimum Gasteiger partial charge on any atom is -0.345 e. The molecule has 4 nitrogen and oxygen atoms in total. The van der Waals surface area contributed by atoms with Crippen molar-refractivity contribution in [3.8, 4) is 11.3 Å². The molecule has 1 unspecified atom stereocenters. The van der Waals surface area contributed by atoms with Crippen molar-refractivity contribution >= 4 is 17.4 Å². The zero-order chi connectivity index (χ0) is 17.1. The molecule has 2 aromatic carbocycles. The molecule has 1 heterocycles. The Morgan fingerprint density at radius 3 is 2.25 bits per heavy atom. The van der Waals surface area contributed by atoms with Gasteiger partial charge in [-0.1, -0.05) is 16.6 Å². The molecule has 7 heteroatoms. The van der Waals surface area contributed by atoms with E-state index in [1.165, 1.54) is 24.3 Å². The summed E-state index contributed by atoms with van der Waals surface area (Å²) >= 11 is 0.969. The Bertz CT molecular complexity index is 847. The summed E-state index contributed by atoms with van der Waals surface area (Å²) in [5.74, 6) is -1.03. The molecule has 0 radical (unpaired) electrons. The normalized spacial score (nSPS) is 12.0. The summed E-state index contributed by atoms with van der Waals surface area (Å²) in [4.78, 5) is 12.8. The van der Waals surface area contributed by atoms with Crippen LogP contribution in [0.25, 0.3) is 11.3 Å². The summed E-state index contributed by atoms with van der Waals surface area (Å²) in [5.41, 5.74) is 1.80. The second-order valence-electron chi connectivity index (χ2n) is 5.20. The maximum atomic E-state index is 13.0. The number of nitrogens with one attached hydrogen (secondary N) is 1. The molecule has 0 saturated heterocycles. The van der Waals surface area contributed by atoms with Crippen LogP contribution in [0.3, 0.4) is 0 Å². The van der Waals surface area contributed by atoms with Gasteiger partial charge in [0.1, 0.15) is 22.2 Å². The lowest BCUT2D eigenvalue weighted by atomic mass is 10.1. The maximum Gasteiger partial charge on any atom is 0.265 e. The predicted molar refractivity (Wildman–Crippen MR) is 87.6 cm³/mol. The Kier molecular flexibility index (Phi) is 4.61. The summed E-state index contributed by atoms with van der Waals surface area (Å²) in [6, 6.07) is 11.3. The lowest BCUT2D eigenvalue weighted by Crippen LogP contribution is -2.26. The van der Waals surface area contributed by atoms with Crippen molar-refractivity contribution in [3.63, 3.8) is 0 Å². The fourth-order valence-electron chi connectivity index (χ4n) is 2.23. The average Bonchev–Trinajstić information content (AvgIpc) is 3.06. The van der Waals surface area contributed by atoms with Crippen LogP contribution in [-0.2, 0) is 0 Å². The molecule has 0 aliphatic carbocycles. The average molecular weight is 345 g/mol. The molecule has 24 heavy (non-hydrogen) atoms. The topological polar surface area (TPSA) is 54.9 Å². The first-order chi connectivity index (χ1) is 11.5. The highest BCUT2D eigenvalue weighted by Crippen LogP contribution is 2.25. The lowest BCUT2D eigenvalue weighted by molar-refractivity contribution is 0.0944. The number of halogens is 2.